The molecule has 27 heavy (non-hydrogen) atoms. The second kappa shape index (κ2) is 6.95. The van der Waals surface area contributed by atoms with Crippen molar-refractivity contribution in [1.82, 2.24) is 0 Å². The summed E-state index contributed by atoms with van der Waals surface area (Å²) in [4.78, 5) is 25.6. The third-order valence-electron chi connectivity index (χ3n) is 6.50. The van der Waals surface area contributed by atoms with Gasteiger partial charge in [-0.3, -0.25) is 4.79 Å². The Hall–Kier alpha value is -1.28. The van der Waals surface area contributed by atoms with Crippen molar-refractivity contribution in [3.05, 3.63) is 11.1 Å². The van der Waals surface area contributed by atoms with Gasteiger partial charge >= 0.3 is 5.97 Å². The van der Waals surface area contributed by atoms with Gasteiger partial charge in [0.25, 0.3) is 0 Å². The molecule has 6 unspecified atom stereocenters. The maximum absolute atomic E-state index is 13.1. The minimum Gasteiger partial charge on any atom is -0.457 e. The molecule has 6 atom stereocenters. The Morgan fingerprint density at radius 3 is 2.33 bits per heavy atom. The van der Waals surface area contributed by atoms with Gasteiger partial charge in [0.1, 0.15) is 17.3 Å². The Labute approximate surface area is 160 Å². The second-order valence-electron chi connectivity index (χ2n) is 8.83. The maximum Gasteiger partial charge on any atom is 0.340 e. The molecule has 154 valence electrons. The molecule has 0 amide bonds. The number of Topliss-reactive ketones (excluding diaryl/α,β-unsaturated/α-hetero) is 1. The number of aliphatic hydroxyl groups is 4. The Morgan fingerprint density at radius 1 is 1.30 bits per heavy atom. The first-order valence-corrected chi connectivity index (χ1v) is 9.48. The largest absolute Gasteiger partial charge is 0.457 e. The van der Waals surface area contributed by atoms with Crippen LogP contribution in [0.5, 0.6) is 0 Å². The summed E-state index contributed by atoms with van der Waals surface area (Å²) >= 11 is 0. The molecule has 1 saturated carbocycles. The molecule has 7 nitrogen and oxygen atoms in total. The quantitative estimate of drug-likeness (QED) is 0.530. The van der Waals surface area contributed by atoms with Crippen LogP contribution in [0, 0.1) is 11.8 Å². The standard InChI is InChI=1S/C20H32O7/c1-10(2)13-9-14(27-17(23)18(5,24)12(4)21)19(6,25)20(26)8-7-11(3)15(20)16(13)22/h10,12-14,21,24-26H,7-9H2,1-6H3. The summed E-state index contributed by atoms with van der Waals surface area (Å²) in [6, 6.07) is 0. The van der Waals surface area contributed by atoms with Crippen LogP contribution in [0.4, 0.5) is 0 Å². The van der Waals surface area contributed by atoms with Gasteiger partial charge in [-0.2, -0.15) is 0 Å². The minimum absolute atomic E-state index is 0.0181. The van der Waals surface area contributed by atoms with E-state index in [-0.39, 0.29) is 30.1 Å². The lowest BCUT2D eigenvalue weighted by Gasteiger charge is -2.43. The highest BCUT2D eigenvalue weighted by molar-refractivity contribution is 6.01. The van der Waals surface area contributed by atoms with Crippen molar-refractivity contribution in [2.24, 2.45) is 11.8 Å². The van der Waals surface area contributed by atoms with Crippen LogP contribution in [0.3, 0.4) is 0 Å². The molecule has 0 aliphatic heterocycles. The third-order valence-corrected chi connectivity index (χ3v) is 6.50. The van der Waals surface area contributed by atoms with Crippen LogP contribution in [0.1, 0.15) is 60.8 Å². The smallest absolute Gasteiger partial charge is 0.340 e. The van der Waals surface area contributed by atoms with E-state index in [4.69, 9.17) is 4.74 Å². The molecule has 0 aromatic carbocycles. The fraction of sp³-hybridized carbons (Fsp3) is 0.800. The van der Waals surface area contributed by atoms with Gasteiger partial charge in [0.2, 0.25) is 0 Å². The second-order valence-corrected chi connectivity index (χ2v) is 8.83. The molecular formula is C20H32O7. The predicted octanol–water partition coefficient (Wildman–Crippen LogP) is 0.867. The first-order chi connectivity index (χ1) is 12.2. The Balaban J connectivity index is 2.52. The molecule has 0 heterocycles. The summed E-state index contributed by atoms with van der Waals surface area (Å²) in [6.07, 6.45) is -1.98. The SMILES string of the molecule is CC1=C2C(=O)C(C(C)C)CC(OC(=O)C(C)(O)C(C)O)C(C)(O)C2(O)CC1. The van der Waals surface area contributed by atoms with Crippen molar-refractivity contribution in [3.63, 3.8) is 0 Å². The number of allylic oxidation sites excluding steroid dienone is 1. The Kier molecular flexibility index (Phi) is 5.67. The van der Waals surface area contributed by atoms with Crippen LogP contribution in [-0.4, -0.2) is 61.2 Å². The number of hydrogen-bond donors (Lipinski definition) is 4. The van der Waals surface area contributed by atoms with Crippen LogP contribution in [0.15, 0.2) is 11.1 Å². The number of ketones is 1. The number of fused-ring (bicyclic) bond motifs is 1. The molecule has 2 aliphatic carbocycles. The highest BCUT2D eigenvalue weighted by Crippen LogP contribution is 2.50. The van der Waals surface area contributed by atoms with Crippen LogP contribution in [-0.2, 0) is 14.3 Å². The first kappa shape index (κ1) is 22.0. The summed E-state index contributed by atoms with van der Waals surface area (Å²) in [5.41, 5.74) is -4.99. The van der Waals surface area contributed by atoms with Gasteiger partial charge in [-0.1, -0.05) is 19.4 Å². The van der Waals surface area contributed by atoms with Crippen molar-refractivity contribution >= 4 is 11.8 Å². The number of carbonyl (C=O) groups is 2. The van der Waals surface area contributed by atoms with Crippen molar-refractivity contribution in [2.75, 3.05) is 0 Å². The fourth-order valence-corrected chi connectivity index (χ4v) is 4.07. The summed E-state index contributed by atoms with van der Waals surface area (Å²) in [6.45, 7) is 9.21. The van der Waals surface area contributed by atoms with Crippen molar-refractivity contribution in [3.8, 4) is 0 Å². The lowest BCUT2D eigenvalue weighted by Crippen LogP contribution is -2.61. The van der Waals surface area contributed by atoms with E-state index >= 15 is 0 Å². The molecule has 0 saturated heterocycles. The number of hydrogen-bond acceptors (Lipinski definition) is 7. The molecule has 1 fully saturated rings. The molecule has 0 spiro atoms. The van der Waals surface area contributed by atoms with Gasteiger partial charge < -0.3 is 25.2 Å². The van der Waals surface area contributed by atoms with Gasteiger partial charge in [0, 0.05) is 11.5 Å². The van der Waals surface area contributed by atoms with Crippen molar-refractivity contribution in [2.45, 2.75) is 89.8 Å². The van der Waals surface area contributed by atoms with Crippen LogP contribution >= 0.6 is 0 Å². The first-order valence-electron chi connectivity index (χ1n) is 9.48. The number of esters is 1. The monoisotopic (exact) mass is 384 g/mol. The lowest BCUT2D eigenvalue weighted by atomic mass is 9.76. The fourth-order valence-electron chi connectivity index (χ4n) is 4.07. The lowest BCUT2D eigenvalue weighted by molar-refractivity contribution is -0.213. The highest BCUT2D eigenvalue weighted by atomic mass is 16.6. The van der Waals surface area contributed by atoms with Crippen LogP contribution < -0.4 is 0 Å². The number of aliphatic hydroxyl groups excluding tert-OH is 1. The summed E-state index contributed by atoms with van der Waals surface area (Å²) < 4.78 is 5.42. The van der Waals surface area contributed by atoms with Gasteiger partial charge in [-0.05, 0) is 52.9 Å². The van der Waals surface area contributed by atoms with E-state index < -0.39 is 40.9 Å². The summed E-state index contributed by atoms with van der Waals surface area (Å²) in [7, 11) is 0. The van der Waals surface area contributed by atoms with E-state index in [1.807, 2.05) is 13.8 Å². The minimum atomic E-state index is -2.17. The van der Waals surface area contributed by atoms with Gasteiger partial charge in [0.15, 0.2) is 11.4 Å². The summed E-state index contributed by atoms with van der Waals surface area (Å²) in [5, 5.41) is 42.5. The van der Waals surface area contributed by atoms with Crippen LogP contribution in [0.25, 0.3) is 0 Å². The van der Waals surface area contributed by atoms with E-state index in [0.29, 0.717) is 6.42 Å². The zero-order valence-corrected chi connectivity index (χ0v) is 16.9. The molecule has 0 radical (unpaired) electrons. The van der Waals surface area contributed by atoms with E-state index in [1.54, 1.807) is 6.92 Å². The average molecular weight is 384 g/mol. The number of carbonyl (C=O) groups excluding carboxylic acids is 2. The molecule has 0 aromatic heterocycles. The van der Waals surface area contributed by atoms with Gasteiger partial charge in [-0.25, -0.2) is 4.79 Å². The van der Waals surface area contributed by atoms with E-state index in [1.165, 1.54) is 13.8 Å². The average Bonchev–Trinajstić information content (AvgIpc) is 2.83. The molecule has 2 aliphatic rings. The zero-order valence-electron chi connectivity index (χ0n) is 16.9. The van der Waals surface area contributed by atoms with Gasteiger partial charge in [0.05, 0.1) is 6.10 Å². The topological polar surface area (TPSA) is 124 Å². The molecular weight excluding hydrogens is 352 g/mol. The van der Waals surface area contributed by atoms with Crippen molar-refractivity contribution in [1.29, 1.82) is 0 Å². The molecule has 0 bridgehead atoms. The normalized spacial score (nSPS) is 37.7. The van der Waals surface area contributed by atoms with Crippen LogP contribution in [0.2, 0.25) is 0 Å². The highest BCUT2D eigenvalue weighted by Gasteiger charge is 2.62. The molecule has 0 aromatic rings. The number of ether oxygens (including phenoxy) is 1. The van der Waals surface area contributed by atoms with E-state index in [9.17, 15) is 30.0 Å². The predicted molar refractivity (Wildman–Crippen MR) is 97.6 cm³/mol. The van der Waals surface area contributed by atoms with E-state index in [2.05, 4.69) is 0 Å². The summed E-state index contributed by atoms with van der Waals surface area (Å²) in [5.74, 6) is -2.00. The third kappa shape index (κ3) is 3.35. The van der Waals surface area contributed by atoms with Crippen molar-refractivity contribution < 1.29 is 34.8 Å². The van der Waals surface area contributed by atoms with E-state index in [0.717, 1.165) is 12.5 Å². The van der Waals surface area contributed by atoms with Gasteiger partial charge in [-0.15, -0.1) is 0 Å². The molecule has 4 N–H and O–H groups in total. The maximum atomic E-state index is 13.1. The molecule has 2 rings (SSSR count). The Morgan fingerprint density at radius 2 is 1.85 bits per heavy atom. The number of rotatable bonds is 4. The Bertz CT molecular complexity index is 659. The molecule has 7 heteroatoms. The zero-order chi connectivity index (χ0) is 20.9.